The van der Waals surface area contributed by atoms with Crippen molar-refractivity contribution in [3.8, 4) is 0 Å². The highest BCUT2D eigenvalue weighted by Crippen LogP contribution is 2.18. The average Bonchev–Trinajstić information content (AvgIpc) is 3.47. The third-order valence-corrected chi connectivity index (χ3v) is 15.7. The minimum Gasteiger partial charge on any atom is -0.462 e. The van der Waals surface area contributed by atoms with Crippen LogP contribution in [-0.2, 0) is 28.6 Å². The average molecular weight is 1130 g/mol. The molecule has 0 rings (SSSR count). The van der Waals surface area contributed by atoms with E-state index in [1.54, 1.807) is 0 Å². The van der Waals surface area contributed by atoms with Crippen LogP contribution in [0.4, 0.5) is 0 Å². The molecule has 6 heteroatoms. The second kappa shape index (κ2) is 69.3. The number of hydrogen-bond donors (Lipinski definition) is 0. The second-order valence-electron chi connectivity index (χ2n) is 23.8. The van der Waals surface area contributed by atoms with E-state index < -0.39 is 6.10 Å². The topological polar surface area (TPSA) is 78.9 Å². The Labute approximate surface area is 503 Å². The predicted molar refractivity (Wildman–Crippen MR) is 353 cm³/mol. The van der Waals surface area contributed by atoms with Crippen molar-refractivity contribution in [3.63, 3.8) is 0 Å². The number of ether oxygens (including phenoxy) is 3. The fraction of sp³-hybridized carbons (Fsp3) is 0.800. The highest BCUT2D eigenvalue weighted by molar-refractivity contribution is 5.71. The van der Waals surface area contributed by atoms with Crippen LogP contribution in [0.15, 0.2) is 72.9 Å². The van der Waals surface area contributed by atoms with E-state index in [1.165, 1.54) is 231 Å². The van der Waals surface area contributed by atoms with Crippen LogP contribution in [-0.4, -0.2) is 37.2 Å². The zero-order valence-corrected chi connectivity index (χ0v) is 54.1. The van der Waals surface area contributed by atoms with Gasteiger partial charge < -0.3 is 14.2 Å². The van der Waals surface area contributed by atoms with E-state index in [0.29, 0.717) is 19.3 Å². The van der Waals surface area contributed by atoms with E-state index in [0.717, 1.165) is 96.3 Å². The molecule has 0 bridgehead atoms. The fourth-order valence-electron chi connectivity index (χ4n) is 10.5. The molecule has 0 aliphatic heterocycles. The molecular formula is C75H134O6. The first-order valence-electron chi connectivity index (χ1n) is 35.4. The Bertz CT molecular complexity index is 1490. The van der Waals surface area contributed by atoms with E-state index in [9.17, 15) is 14.4 Å². The van der Waals surface area contributed by atoms with Crippen LogP contribution in [0.5, 0.6) is 0 Å². The lowest BCUT2D eigenvalue weighted by atomic mass is 10.0. The van der Waals surface area contributed by atoms with Crippen LogP contribution < -0.4 is 0 Å². The number of carbonyl (C=O) groups is 3. The van der Waals surface area contributed by atoms with E-state index >= 15 is 0 Å². The van der Waals surface area contributed by atoms with Gasteiger partial charge >= 0.3 is 17.9 Å². The molecule has 0 aromatic heterocycles. The lowest BCUT2D eigenvalue weighted by Gasteiger charge is -2.18. The van der Waals surface area contributed by atoms with Crippen LogP contribution in [0.2, 0.25) is 0 Å². The van der Waals surface area contributed by atoms with Crippen molar-refractivity contribution in [1.29, 1.82) is 0 Å². The van der Waals surface area contributed by atoms with Gasteiger partial charge in [0.1, 0.15) is 13.2 Å². The minimum atomic E-state index is -0.774. The van der Waals surface area contributed by atoms with Gasteiger partial charge in [0.05, 0.1) is 0 Å². The van der Waals surface area contributed by atoms with Crippen molar-refractivity contribution >= 4 is 17.9 Å². The zero-order valence-electron chi connectivity index (χ0n) is 54.1. The Morgan fingerprint density at radius 1 is 0.259 bits per heavy atom. The summed E-state index contributed by atoms with van der Waals surface area (Å²) in [5.74, 6) is -0.855. The van der Waals surface area contributed by atoms with Gasteiger partial charge in [-0.3, -0.25) is 14.4 Å². The van der Waals surface area contributed by atoms with E-state index in [2.05, 4.69) is 93.7 Å². The lowest BCUT2D eigenvalue weighted by Crippen LogP contribution is -2.30. The van der Waals surface area contributed by atoms with Crippen LogP contribution in [0.25, 0.3) is 0 Å². The Kier molecular flexibility index (Phi) is 66.6. The molecule has 0 fully saturated rings. The van der Waals surface area contributed by atoms with Gasteiger partial charge in [-0.2, -0.15) is 0 Å². The molecular weight excluding hydrogens is 997 g/mol. The Hall–Kier alpha value is -3.15. The smallest absolute Gasteiger partial charge is 0.306 e. The Morgan fingerprint density at radius 3 is 0.753 bits per heavy atom. The van der Waals surface area contributed by atoms with Crippen LogP contribution in [0, 0.1) is 0 Å². The van der Waals surface area contributed by atoms with Gasteiger partial charge in [-0.05, 0) is 70.6 Å². The molecule has 0 radical (unpaired) electrons. The van der Waals surface area contributed by atoms with Crippen LogP contribution >= 0.6 is 0 Å². The summed E-state index contributed by atoms with van der Waals surface area (Å²) < 4.78 is 17.0. The third kappa shape index (κ3) is 67.5. The van der Waals surface area contributed by atoms with Crippen molar-refractivity contribution in [2.75, 3.05) is 13.2 Å². The highest BCUT2D eigenvalue weighted by Gasteiger charge is 2.19. The van der Waals surface area contributed by atoms with Crippen molar-refractivity contribution in [3.05, 3.63) is 72.9 Å². The molecule has 0 aromatic rings. The number of carbonyl (C=O) groups excluding carboxylic acids is 3. The summed E-state index contributed by atoms with van der Waals surface area (Å²) in [4.78, 5) is 38.3. The monoisotopic (exact) mass is 1130 g/mol. The number of hydrogen-bond acceptors (Lipinski definition) is 6. The first-order chi connectivity index (χ1) is 40.0. The van der Waals surface area contributed by atoms with Gasteiger partial charge in [0.2, 0.25) is 0 Å². The predicted octanol–water partition coefficient (Wildman–Crippen LogP) is 24.4. The largest absolute Gasteiger partial charge is 0.462 e. The summed E-state index contributed by atoms with van der Waals surface area (Å²) in [6.45, 7) is 6.57. The Morgan fingerprint density at radius 2 is 0.481 bits per heavy atom. The molecule has 0 spiro atoms. The van der Waals surface area contributed by atoms with Crippen molar-refractivity contribution in [2.24, 2.45) is 0 Å². The minimum absolute atomic E-state index is 0.0709. The van der Waals surface area contributed by atoms with Crippen LogP contribution in [0.1, 0.15) is 367 Å². The standard InChI is InChI=1S/C75H134O6/c1-4-7-10-13-16-19-22-24-26-28-30-32-34-36-37-38-39-40-42-43-45-47-49-51-53-56-59-62-65-68-74(77)80-71-72(70-79-73(76)67-64-61-58-55-21-18-15-12-9-6-3)81-75(78)69-66-63-60-57-54-52-50-48-46-44-41-35-33-31-29-27-25-23-20-17-14-11-8-5-2/h7,10,16,19,24,26,30,32,36-37,39-40,72H,4-6,8-9,11-15,17-18,20-23,25,27-29,31,33-35,38,41-71H2,1-3H3/b10-7-,19-16-,26-24-,32-30-,37-36-,40-39-. The van der Waals surface area contributed by atoms with E-state index in [-0.39, 0.29) is 31.1 Å². The molecule has 6 nitrogen and oxygen atoms in total. The van der Waals surface area contributed by atoms with Gasteiger partial charge in [0.15, 0.2) is 6.10 Å². The molecule has 1 unspecified atom stereocenters. The normalized spacial score (nSPS) is 12.5. The van der Waals surface area contributed by atoms with E-state index in [4.69, 9.17) is 14.2 Å². The zero-order chi connectivity index (χ0) is 58.5. The lowest BCUT2D eigenvalue weighted by molar-refractivity contribution is -0.167. The molecule has 0 N–H and O–H groups in total. The van der Waals surface area contributed by atoms with Gasteiger partial charge in [0, 0.05) is 19.3 Å². The van der Waals surface area contributed by atoms with Gasteiger partial charge in [-0.25, -0.2) is 0 Å². The molecule has 0 amide bonds. The quantitative estimate of drug-likeness (QED) is 0.0261. The highest BCUT2D eigenvalue weighted by atomic mass is 16.6. The van der Waals surface area contributed by atoms with Crippen molar-refractivity contribution < 1.29 is 28.6 Å². The first-order valence-corrected chi connectivity index (χ1v) is 35.4. The summed E-state index contributed by atoms with van der Waals surface area (Å²) in [5.41, 5.74) is 0. The summed E-state index contributed by atoms with van der Waals surface area (Å²) in [6.07, 6.45) is 90.8. The van der Waals surface area contributed by atoms with Gasteiger partial charge in [-0.1, -0.05) is 351 Å². The number of unbranched alkanes of at least 4 members (excludes halogenated alkanes) is 42. The molecule has 0 aliphatic rings. The molecule has 470 valence electrons. The van der Waals surface area contributed by atoms with Crippen LogP contribution in [0.3, 0.4) is 0 Å². The second-order valence-corrected chi connectivity index (χ2v) is 23.8. The maximum Gasteiger partial charge on any atom is 0.306 e. The summed E-state index contributed by atoms with van der Waals surface area (Å²) in [7, 11) is 0. The molecule has 0 aliphatic carbocycles. The molecule has 0 saturated heterocycles. The first kappa shape index (κ1) is 77.9. The number of allylic oxidation sites excluding steroid dienone is 12. The van der Waals surface area contributed by atoms with E-state index in [1.807, 2.05) is 0 Å². The van der Waals surface area contributed by atoms with Gasteiger partial charge in [0.25, 0.3) is 0 Å². The SMILES string of the molecule is CC/C=C\C/C=C\C/C=C\C/C=C\C/C=C\C/C=C\CCCCCCCCCCCCC(=O)OCC(COC(=O)CCCCCCCCCCCC)OC(=O)CCCCCCCCCCCCCCCCCCCCCCCCCC. The summed E-state index contributed by atoms with van der Waals surface area (Å²) in [5, 5.41) is 0. The maximum absolute atomic E-state index is 12.9. The molecule has 0 heterocycles. The summed E-state index contributed by atoms with van der Waals surface area (Å²) in [6, 6.07) is 0. The fourth-order valence-corrected chi connectivity index (χ4v) is 10.5. The molecule has 81 heavy (non-hydrogen) atoms. The number of rotatable bonds is 65. The maximum atomic E-state index is 12.9. The molecule has 0 aromatic carbocycles. The molecule has 1 atom stereocenters. The summed E-state index contributed by atoms with van der Waals surface area (Å²) >= 11 is 0. The molecule has 0 saturated carbocycles. The van der Waals surface area contributed by atoms with Gasteiger partial charge in [-0.15, -0.1) is 0 Å². The number of esters is 3. The Balaban J connectivity index is 4.18. The van der Waals surface area contributed by atoms with Crippen molar-refractivity contribution in [2.45, 2.75) is 374 Å². The van der Waals surface area contributed by atoms with Crippen molar-refractivity contribution in [1.82, 2.24) is 0 Å². The third-order valence-electron chi connectivity index (χ3n) is 15.7.